The smallest absolute Gasteiger partial charge is 0.229 e. The van der Waals surface area contributed by atoms with Gasteiger partial charge in [0.15, 0.2) is 0 Å². The first kappa shape index (κ1) is 20.2. The predicted octanol–water partition coefficient (Wildman–Crippen LogP) is 3.13. The lowest BCUT2D eigenvalue weighted by atomic mass is 9.77. The van der Waals surface area contributed by atoms with Crippen LogP contribution in [0.5, 0.6) is 0 Å². The highest BCUT2D eigenvalue weighted by atomic mass is 16.5. The largest absolute Gasteiger partial charge is 0.378 e. The summed E-state index contributed by atoms with van der Waals surface area (Å²) in [5.74, 6) is 0.975. The minimum atomic E-state index is -0.258. The summed E-state index contributed by atoms with van der Waals surface area (Å²) in [6.07, 6.45) is 3.81. The molecule has 6 heteroatoms. The maximum atomic E-state index is 12.8. The van der Waals surface area contributed by atoms with E-state index in [1.807, 2.05) is 29.2 Å². The lowest BCUT2D eigenvalue weighted by Gasteiger charge is -2.40. The fourth-order valence-electron chi connectivity index (χ4n) is 5.04. The third-order valence-corrected chi connectivity index (χ3v) is 7.10. The van der Waals surface area contributed by atoms with Crippen LogP contribution in [-0.2, 0) is 14.3 Å². The fraction of sp³-hybridized carbons (Fsp3) is 0.652. The Labute approximate surface area is 173 Å². The van der Waals surface area contributed by atoms with Crippen molar-refractivity contribution < 1.29 is 14.3 Å². The van der Waals surface area contributed by atoms with Crippen LogP contribution in [0.15, 0.2) is 24.3 Å². The van der Waals surface area contributed by atoms with E-state index in [1.165, 1.54) is 12.8 Å². The Morgan fingerprint density at radius 2 is 1.83 bits per heavy atom. The molecule has 3 aliphatic rings. The van der Waals surface area contributed by atoms with Crippen LogP contribution >= 0.6 is 0 Å². The lowest BCUT2D eigenvalue weighted by Crippen LogP contribution is -2.45. The predicted molar refractivity (Wildman–Crippen MR) is 114 cm³/mol. The van der Waals surface area contributed by atoms with Gasteiger partial charge in [-0.3, -0.25) is 9.59 Å². The molecular formula is C23H33N3O3. The highest BCUT2D eigenvalue weighted by Crippen LogP contribution is 2.36. The van der Waals surface area contributed by atoms with Gasteiger partial charge < -0.3 is 19.9 Å². The average Bonchev–Trinajstić information content (AvgIpc) is 3.13. The molecule has 0 radical (unpaired) electrons. The molecule has 1 aliphatic carbocycles. The Kier molecular flexibility index (Phi) is 6.09. The van der Waals surface area contributed by atoms with E-state index in [-0.39, 0.29) is 23.8 Å². The summed E-state index contributed by atoms with van der Waals surface area (Å²) in [6, 6.07) is 8.26. The van der Waals surface area contributed by atoms with Crippen LogP contribution in [-0.4, -0.2) is 55.6 Å². The SMILES string of the molecule is C[C@H]1[C@H](C)CCC[C@@H]1N1C[C@@H](C(=O)Nc2ccc(N3CCOCC3)cc2)CC1=O. The molecule has 4 rings (SSSR count). The first-order valence-electron chi connectivity index (χ1n) is 11.1. The number of hydrogen-bond donors (Lipinski definition) is 1. The number of carbonyl (C=O) groups is 2. The van der Waals surface area contributed by atoms with Crippen molar-refractivity contribution in [3.05, 3.63) is 24.3 Å². The van der Waals surface area contributed by atoms with E-state index < -0.39 is 0 Å². The molecule has 0 bridgehead atoms. The van der Waals surface area contributed by atoms with Crippen molar-refractivity contribution >= 4 is 23.2 Å². The second kappa shape index (κ2) is 8.74. The van der Waals surface area contributed by atoms with Gasteiger partial charge >= 0.3 is 0 Å². The minimum Gasteiger partial charge on any atom is -0.378 e. The highest BCUT2D eigenvalue weighted by molar-refractivity contribution is 5.97. The molecule has 1 aromatic carbocycles. The van der Waals surface area contributed by atoms with Crippen molar-refractivity contribution in [1.29, 1.82) is 0 Å². The van der Waals surface area contributed by atoms with Crippen molar-refractivity contribution in [2.75, 3.05) is 43.1 Å². The van der Waals surface area contributed by atoms with Gasteiger partial charge in [0.25, 0.3) is 0 Å². The van der Waals surface area contributed by atoms with E-state index in [1.54, 1.807) is 0 Å². The fourth-order valence-corrected chi connectivity index (χ4v) is 5.04. The van der Waals surface area contributed by atoms with Crippen LogP contribution in [0.3, 0.4) is 0 Å². The van der Waals surface area contributed by atoms with Gasteiger partial charge in [-0.25, -0.2) is 0 Å². The maximum absolute atomic E-state index is 12.8. The third kappa shape index (κ3) is 4.42. The Morgan fingerprint density at radius 1 is 1.10 bits per heavy atom. The normalized spacial score (nSPS) is 30.5. The summed E-state index contributed by atoms with van der Waals surface area (Å²) in [6.45, 7) is 8.38. The van der Waals surface area contributed by atoms with Crippen LogP contribution in [0.4, 0.5) is 11.4 Å². The Bertz CT molecular complexity index is 729. The number of likely N-dealkylation sites (tertiary alicyclic amines) is 1. The Morgan fingerprint density at radius 3 is 2.55 bits per heavy atom. The topological polar surface area (TPSA) is 61.9 Å². The summed E-state index contributed by atoms with van der Waals surface area (Å²) in [4.78, 5) is 29.7. The van der Waals surface area contributed by atoms with Crippen LogP contribution in [0.25, 0.3) is 0 Å². The number of morpholine rings is 1. The number of ether oxygens (including phenoxy) is 1. The molecule has 2 amide bonds. The van der Waals surface area contributed by atoms with Crippen LogP contribution in [0.2, 0.25) is 0 Å². The van der Waals surface area contributed by atoms with E-state index in [9.17, 15) is 9.59 Å². The van der Waals surface area contributed by atoms with E-state index in [0.717, 1.165) is 44.1 Å². The third-order valence-electron chi connectivity index (χ3n) is 7.10. The van der Waals surface area contributed by atoms with Gasteiger partial charge in [0, 0.05) is 43.5 Å². The molecule has 1 aromatic rings. The van der Waals surface area contributed by atoms with E-state index in [0.29, 0.717) is 24.8 Å². The highest BCUT2D eigenvalue weighted by Gasteiger charge is 2.41. The summed E-state index contributed by atoms with van der Waals surface area (Å²) in [5, 5.41) is 3.02. The number of benzene rings is 1. The minimum absolute atomic E-state index is 0.0449. The molecule has 0 spiro atoms. The molecule has 2 saturated heterocycles. The van der Waals surface area contributed by atoms with Crippen molar-refractivity contribution in [2.45, 2.75) is 45.6 Å². The summed E-state index contributed by atoms with van der Waals surface area (Å²) in [5.41, 5.74) is 1.94. The number of hydrogen-bond acceptors (Lipinski definition) is 4. The van der Waals surface area contributed by atoms with Gasteiger partial charge in [-0.05, 0) is 42.5 Å². The Hall–Kier alpha value is -2.08. The van der Waals surface area contributed by atoms with Crippen LogP contribution < -0.4 is 10.2 Å². The van der Waals surface area contributed by atoms with Gasteiger partial charge in [0.1, 0.15) is 0 Å². The summed E-state index contributed by atoms with van der Waals surface area (Å²) < 4.78 is 5.40. The quantitative estimate of drug-likeness (QED) is 0.845. The van der Waals surface area contributed by atoms with Crippen LogP contribution in [0.1, 0.15) is 39.5 Å². The lowest BCUT2D eigenvalue weighted by molar-refractivity contribution is -0.131. The second-order valence-corrected chi connectivity index (χ2v) is 8.92. The molecule has 6 nitrogen and oxygen atoms in total. The number of nitrogens with one attached hydrogen (secondary N) is 1. The first-order chi connectivity index (χ1) is 14.0. The molecule has 29 heavy (non-hydrogen) atoms. The molecule has 1 N–H and O–H groups in total. The van der Waals surface area contributed by atoms with Gasteiger partial charge in [-0.1, -0.05) is 26.7 Å². The van der Waals surface area contributed by atoms with Crippen molar-refractivity contribution in [2.24, 2.45) is 17.8 Å². The average molecular weight is 400 g/mol. The molecular weight excluding hydrogens is 366 g/mol. The van der Waals surface area contributed by atoms with Crippen molar-refractivity contribution in [3.63, 3.8) is 0 Å². The summed E-state index contributed by atoms with van der Waals surface area (Å²) in [7, 11) is 0. The van der Waals surface area contributed by atoms with Gasteiger partial charge in [-0.15, -0.1) is 0 Å². The zero-order valence-electron chi connectivity index (χ0n) is 17.6. The molecule has 4 atom stereocenters. The molecule has 1 saturated carbocycles. The second-order valence-electron chi connectivity index (χ2n) is 8.92. The number of amides is 2. The molecule has 3 fully saturated rings. The molecule has 158 valence electrons. The molecule has 2 heterocycles. The van der Waals surface area contributed by atoms with E-state index in [4.69, 9.17) is 4.74 Å². The number of anilines is 2. The number of carbonyl (C=O) groups excluding carboxylic acids is 2. The maximum Gasteiger partial charge on any atom is 0.229 e. The van der Waals surface area contributed by atoms with Crippen molar-refractivity contribution in [3.8, 4) is 0 Å². The van der Waals surface area contributed by atoms with E-state index in [2.05, 4.69) is 24.1 Å². The zero-order valence-corrected chi connectivity index (χ0v) is 17.6. The van der Waals surface area contributed by atoms with Gasteiger partial charge in [0.05, 0.1) is 19.1 Å². The van der Waals surface area contributed by atoms with E-state index >= 15 is 0 Å². The first-order valence-corrected chi connectivity index (χ1v) is 11.1. The van der Waals surface area contributed by atoms with Gasteiger partial charge in [0.2, 0.25) is 11.8 Å². The molecule has 0 unspecified atom stereocenters. The summed E-state index contributed by atoms with van der Waals surface area (Å²) >= 11 is 0. The van der Waals surface area contributed by atoms with Crippen LogP contribution in [0, 0.1) is 17.8 Å². The molecule has 2 aliphatic heterocycles. The van der Waals surface area contributed by atoms with Gasteiger partial charge in [-0.2, -0.15) is 0 Å². The Balaban J connectivity index is 1.34. The monoisotopic (exact) mass is 399 g/mol. The number of rotatable bonds is 4. The number of nitrogens with zero attached hydrogens (tertiary/aromatic N) is 2. The van der Waals surface area contributed by atoms with Crippen molar-refractivity contribution in [1.82, 2.24) is 4.90 Å². The molecule has 0 aromatic heterocycles. The zero-order chi connectivity index (χ0) is 20.4. The standard InChI is InChI=1S/C23H33N3O3/c1-16-4-3-5-21(17(16)2)26-15-18(14-22(26)27)23(28)24-19-6-8-20(9-7-19)25-10-12-29-13-11-25/h6-9,16-18,21H,3-5,10-15H2,1-2H3,(H,24,28)/t16-,17+,18+,21+/m1/s1.